The van der Waals surface area contributed by atoms with E-state index in [0.717, 1.165) is 12.8 Å². The van der Waals surface area contributed by atoms with Crippen molar-refractivity contribution in [3.63, 3.8) is 0 Å². The molecule has 2 rings (SSSR count). The second-order valence-electron chi connectivity index (χ2n) is 3.91. The monoisotopic (exact) mass is 288 g/mol. The first-order chi connectivity index (χ1) is 7.06. The van der Waals surface area contributed by atoms with Crippen LogP contribution in [0.3, 0.4) is 0 Å². The van der Waals surface area contributed by atoms with Crippen molar-refractivity contribution in [1.82, 2.24) is 0 Å². The van der Waals surface area contributed by atoms with Crippen molar-refractivity contribution in [3.8, 4) is 0 Å². The zero-order valence-electron chi connectivity index (χ0n) is 8.32. The van der Waals surface area contributed by atoms with Crippen molar-refractivity contribution >= 4 is 25.8 Å². The van der Waals surface area contributed by atoms with Crippen LogP contribution in [0.15, 0.2) is 35.2 Å². The summed E-state index contributed by atoms with van der Waals surface area (Å²) in [5.41, 5.74) is 0. The summed E-state index contributed by atoms with van der Waals surface area (Å²) in [4.78, 5) is 0.420. The SMILES string of the molecule is O=S(=O)(c1ccccc1)C1(Br)CCCC1. The molecule has 0 radical (unpaired) electrons. The summed E-state index contributed by atoms with van der Waals surface area (Å²) in [5, 5.41) is 0. The van der Waals surface area contributed by atoms with Crippen LogP contribution in [0, 0.1) is 0 Å². The third-order valence-corrected chi connectivity index (χ3v) is 7.22. The molecule has 0 N–H and O–H groups in total. The van der Waals surface area contributed by atoms with Gasteiger partial charge in [-0.15, -0.1) is 0 Å². The first-order valence-corrected chi connectivity index (χ1v) is 7.32. The van der Waals surface area contributed by atoms with Gasteiger partial charge in [0.15, 0.2) is 9.84 Å². The average Bonchev–Trinajstić information content (AvgIpc) is 2.68. The van der Waals surface area contributed by atoms with E-state index in [1.807, 2.05) is 6.07 Å². The van der Waals surface area contributed by atoms with Crippen molar-refractivity contribution in [1.29, 1.82) is 0 Å². The van der Waals surface area contributed by atoms with Crippen molar-refractivity contribution < 1.29 is 8.42 Å². The summed E-state index contributed by atoms with van der Waals surface area (Å²) >= 11 is 3.42. The summed E-state index contributed by atoms with van der Waals surface area (Å²) in [5.74, 6) is 0. The molecule has 1 aromatic carbocycles. The van der Waals surface area contributed by atoms with E-state index in [-0.39, 0.29) is 0 Å². The van der Waals surface area contributed by atoms with E-state index < -0.39 is 13.5 Å². The average molecular weight is 289 g/mol. The second kappa shape index (κ2) is 3.91. The van der Waals surface area contributed by atoms with Crippen LogP contribution in [0.25, 0.3) is 0 Å². The minimum absolute atomic E-state index is 0.420. The van der Waals surface area contributed by atoms with E-state index in [0.29, 0.717) is 17.7 Å². The van der Waals surface area contributed by atoms with E-state index in [9.17, 15) is 8.42 Å². The highest BCUT2D eigenvalue weighted by molar-refractivity contribution is 9.11. The highest BCUT2D eigenvalue weighted by atomic mass is 79.9. The molecule has 0 saturated heterocycles. The number of alkyl halides is 1. The molecular weight excluding hydrogens is 276 g/mol. The fraction of sp³-hybridized carbons (Fsp3) is 0.455. The molecule has 0 aliphatic heterocycles. The van der Waals surface area contributed by atoms with E-state index in [1.165, 1.54) is 0 Å². The first-order valence-electron chi connectivity index (χ1n) is 5.05. The van der Waals surface area contributed by atoms with Gasteiger partial charge in [-0.3, -0.25) is 0 Å². The Bertz CT molecular complexity index is 433. The summed E-state index contributed by atoms with van der Waals surface area (Å²) in [6.07, 6.45) is 3.39. The third kappa shape index (κ3) is 1.85. The van der Waals surface area contributed by atoms with Gasteiger partial charge in [-0.25, -0.2) is 8.42 Å². The number of rotatable bonds is 2. The van der Waals surface area contributed by atoms with Crippen molar-refractivity contribution in [2.75, 3.05) is 0 Å². The fourth-order valence-corrected chi connectivity index (χ4v) is 4.87. The lowest BCUT2D eigenvalue weighted by atomic mass is 10.4. The zero-order valence-corrected chi connectivity index (χ0v) is 10.7. The van der Waals surface area contributed by atoms with Gasteiger partial charge in [-0.1, -0.05) is 47.0 Å². The summed E-state index contributed by atoms with van der Waals surface area (Å²) < 4.78 is 23.9. The molecule has 0 unspecified atom stereocenters. The third-order valence-electron chi connectivity index (χ3n) is 2.89. The second-order valence-corrected chi connectivity index (χ2v) is 8.21. The Kier molecular flexibility index (Phi) is 2.90. The van der Waals surface area contributed by atoms with Crippen LogP contribution in [-0.4, -0.2) is 12.1 Å². The number of hydrogen-bond acceptors (Lipinski definition) is 2. The van der Waals surface area contributed by atoms with Crippen LogP contribution in [0.1, 0.15) is 25.7 Å². The van der Waals surface area contributed by atoms with Gasteiger partial charge >= 0.3 is 0 Å². The Hall–Kier alpha value is -0.350. The molecule has 0 amide bonds. The molecule has 4 heteroatoms. The molecule has 82 valence electrons. The lowest BCUT2D eigenvalue weighted by molar-refractivity contribution is 0.573. The Balaban J connectivity index is 2.44. The lowest BCUT2D eigenvalue weighted by Gasteiger charge is -2.21. The van der Waals surface area contributed by atoms with Gasteiger partial charge in [-0.2, -0.15) is 0 Å². The number of hydrogen-bond donors (Lipinski definition) is 0. The smallest absolute Gasteiger partial charge is 0.193 e. The van der Waals surface area contributed by atoms with E-state index >= 15 is 0 Å². The molecule has 0 atom stereocenters. The van der Waals surface area contributed by atoms with E-state index in [2.05, 4.69) is 15.9 Å². The zero-order chi connectivity index (χ0) is 10.9. The molecule has 1 aliphatic carbocycles. The Morgan fingerprint density at radius 3 is 2.13 bits per heavy atom. The molecule has 15 heavy (non-hydrogen) atoms. The van der Waals surface area contributed by atoms with Gasteiger partial charge in [0.2, 0.25) is 0 Å². The maximum atomic E-state index is 12.3. The Morgan fingerprint density at radius 2 is 1.60 bits per heavy atom. The molecule has 1 aliphatic rings. The molecule has 1 aromatic rings. The highest BCUT2D eigenvalue weighted by Crippen LogP contribution is 2.44. The standard InChI is InChI=1S/C11H13BrO2S/c12-11(8-4-5-9-11)15(13,14)10-6-2-1-3-7-10/h1-3,6-7H,4-5,8-9H2. The Morgan fingerprint density at radius 1 is 1.07 bits per heavy atom. The predicted octanol–water partition coefficient (Wildman–Crippen LogP) is 3.13. The van der Waals surface area contributed by atoms with Crippen LogP contribution in [0.2, 0.25) is 0 Å². The summed E-state index contributed by atoms with van der Waals surface area (Å²) in [6, 6.07) is 8.68. The van der Waals surface area contributed by atoms with Gasteiger partial charge in [0.25, 0.3) is 0 Å². The molecule has 1 saturated carbocycles. The van der Waals surface area contributed by atoms with Gasteiger partial charge in [-0.05, 0) is 25.0 Å². The number of benzene rings is 1. The minimum Gasteiger partial charge on any atom is -0.222 e. The minimum atomic E-state index is -3.22. The summed E-state index contributed by atoms with van der Waals surface area (Å²) in [7, 11) is -3.22. The lowest BCUT2D eigenvalue weighted by Crippen LogP contribution is -2.28. The quantitative estimate of drug-likeness (QED) is 0.784. The molecule has 0 heterocycles. The van der Waals surface area contributed by atoms with Crippen LogP contribution in [0.4, 0.5) is 0 Å². The maximum absolute atomic E-state index is 12.3. The van der Waals surface area contributed by atoms with Crippen molar-refractivity contribution in [3.05, 3.63) is 30.3 Å². The fourth-order valence-electron chi connectivity index (χ4n) is 1.98. The topological polar surface area (TPSA) is 34.1 Å². The normalized spacial score (nSPS) is 20.3. The summed E-state index contributed by atoms with van der Waals surface area (Å²) in [6.45, 7) is 0. The first kappa shape index (κ1) is 11.1. The molecule has 0 aromatic heterocycles. The number of halogens is 1. The Labute approximate surface area is 98.7 Å². The van der Waals surface area contributed by atoms with Crippen molar-refractivity contribution in [2.24, 2.45) is 0 Å². The van der Waals surface area contributed by atoms with Crippen LogP contribution in [0.5, 0.6) is 0 Å². The van der Waals surface area contributed by atoms with Gasteiger partial charge in [0.05, 0.1) is 4.90 Å². The molecule has 0 spiro atoms. The molecule has 1 fully saturated rings. The van der Waals surface area contributed by atoms with Crippen LogP contribution in [-0.2, 0) is 9.84 Å². The van der Waals surface area contributed by atoms with Crippen LogP contribution < -0.4 is 0 Å². The molecule has 2 nitrogen and oxygen atoms in total. The number of sulfone groups is 1. The van der Waals surface area contributed by atoms with Crippen LogP contribution >= 0.6 is 15.9 Å². The predicted molar refractivity (Wildman–Crippen MR) is 63.8 cm³/mol. The van der Waals surface area contributed by atoms with Gasteiger partial charge in [0.1, 0.15) is 3.66 Å². The largest absolute Gasteiger partial charge is 0.222 e. The maximum Gasteiger partial charge on any atom is 0.193 e. The van der Waals surface area contributed by atoms with Gasteiger partial charge < -0.3 is 0 Å². The van der Waals surface area contributed by atoms with Gasteiger partial charge in [0, 0.05) is 0 Å². The van der Waals surface area contributed by atoms with E-state index in [4.69, 9.17) is 0 Å². The molecular formula is C11H13BrO2S. The molecule has 0 bridgehead atoms. The van der Waals surface area contributed by atoms with E-state index in [1.54, 1.807) is 24.3 Å². The highest BCUT2D eigenvalue weighted by Gasteiger charge is 2.44. The van der Waals surface area contributed by atoms with Crippen molar-refractivity contribution in [2.45, 2.75) is 34.2 Å².